The number of amides is 1. The molecule has 4 aromatic rings. The number of nitrogens with zero attached hydrogens (tertiary/aromatic N) is 1. The Kier molecular flexibility index (Phi) is 5.60. The van der Waals surface area contributed by atoms with Crippen molar-refractivity contribution in [1.29, 1.82) is 0 Å². The highest BCUT2D eigenvalue weighted by Gasteiger charge is 2.65. The molecule has 6 rings (SSSR count). The average Bonchev–Trinajstić information content (AvgIpc) is 2.92. The van der Waals surface area contributed by atoms with E-state index < -0.39 is 22.7 Å². The molecule has 0 spiro atoms. The molecule has 4 N–H and O–H groups in total. The number of anilines is 1. The number of nitrogens with one attached hydrogen (secondary N) is 1. The molecule has 192 valence electrons. The second kappa shape index (κ2) is 8.87. The predicted molar refractivity (Wildman–Crippen MR) is 145 cm³/mol. The molecular weight excluding hydrogens is 478 g/mol. The van der Waals surface area contributed by atoms with E-state index in [-0.39, 0.29) is 6.04 Å². The quantitative estimate of drug-likeness (QED) is 0.326. The fraction of sp³-hybridized carbons (Fsp3) is 0.258. The summed E-state index contributed by atoms with van der Waals surface area (Å²) in [5.41, 5.74) is 6.12. The number of carbonyl (C=O) groups excluding carboxylic acids is 1. The monoisotopic (exact) mass is 507 g/mol. The van der Waals surface area contributed by atoms with Crippen molar-refractivity contribution >= 4 is 28.6 Å². The Morgan fingerprint density at radius 3 is 2.13 bits per heavy atom. The number of carbonyl (C=O) groups is 2. The normalized spacial score (nSPS) is 21.6. The summed E-state index contributed by atoms with van der Waals surface area (Å²) in [6.45, 7) is 2.06. The fourth-order valence-electron chi connectivity index (χ4n) is 6.64. The van der Waals surface area contributed by atoms with Crippen LogP contribution in [-0.4, -0.2) is 28.0 Å². The Balaban J connectivity index is 1.40. The van der Waals surface area contributed by atoms with Crippen molar-refractivity contribution in [3.8, 4) is 11.5 Å². The van der Waals surface area contributed by atoms with E-state index in [2.05, 4.69) is 18.3 Å². The maximum Gasteiger partial charge on any atom is 0.320 e. The van der Waals surface area contributed by atoms with E-state index in [0.717, 1.165) is 22.3 Å². The highest BCUT2D eigenvalue weighted by molar-refractivity contribution is 5.99. The van der Waals surface area contributed by atoms with E-state index in [1.54, 1.807) is 48.5 Å². The van der Waals surface area contributed by atoms with Gasteiger partial charge >= 0.3 is 5.97 Å². The van der Waals surface area contributed by atoms with Crippen LogP contribution in [0.3, 0.4) is 0 Å². The molecule has 0 bridgehead atoms. The molecule has 2 heterocycles. The van der Waals surface area contributed by atoms with E-state index in [1.807, 2.05) is 24.3 Å². The predicted octanol–water partition coefficient (Wildman–Crippen LogP) is 5.55. The summed E-state index contributed by atoms with van der Waals surface area (Å²) in [7, 11) is 0. The molecule has 0 saturated heterocycles. The van der Waals surface area contributed by atoms with Crippen molar-refractivity contribution < 1.29 is 19.4 Å². The summed E-state index contributed by atoms with van der Waals surface area (Å²) in [6.07, 6.45) is 1.75. The van der Waals surface area contributed by atoms with Gasteiger partial charge in [0, 0.05) is 22.6 Å². The molecule has 1 aliphatic heterocycles. The van der Waals surface area contributed by atoms with E-state index in [1.165, 1.54) is 0 Å². The molecule has 1 aliphatic carbocycles. The maximum absolute atomic E-state index is 13.5. The number of hydrogen-bond donors (Lipinski definition) is 3. The highest BCUT2D eigenvalue weighted by atomic mass is 16.5. The maximum atomic E-state index is 13.5. The molecule has 7 heteroatoms. The van der Waals surface area contributed by atoms with Gasteiger partial charge in [0.15, 0.2) is 0 Å². The molecule has 1 amide bonds. The minimum Gasteiger partial charge on any atom is -0.480 e. The lowest BCUT2D eigenvalue weighted by Gasteiger charge is -2.51. The standard InChI is InChI=1S/C31H29N3O4/c1-19-18-27(34-24-11-5-2-8-21(19)24)33-20-14-16-30(17-15-20,28(32)35)31(29(36)37)22-9-3-6-12-25(22)38-26-13-7-4-10-23(26)31/h2-13,18,20H,14-17H2,1H3,(H2,32,35)(H,33,34)(H,36,37). The Morgan fingerprint density at radius 2 is 1.53 bits per heavy atom. The number of nitrogens with two attached hydrogens (primary N) is 1. The molecule has 1 aromatic heterocycles. The molecule has 0 unspecified atom stereocenters. The van der Waals surface area contributed by atoms with E-state index >= 15 is 0 Å². The lowest BCUT2D eigenvalue weighted by atomic mass is 9.50. The first-order valence-electron chi connectivity index (χ1n) is 12.9. The van der Waals surface area contributed by atoms with Gasteiger partial charge < -0.3 is 20.9 Å². The Labute approximate surface area is 220 Å². The average molecular weight is 508 g/mol. The summed E-state index contributed by atoms with van der Waals surface area (Å²) in [5, 5.41) is 15.6. The number of aryl methyl sites for hydroxylation is 1. The second-order valence-corrected chi connectivity index (χ2v) is 10.4. The summed E-state index contributed by atoms with van der Waals surface area (Å²) in [5.74, 6) is -0.0645. The van der Waals surface area contributed by atoms with Crippen LogP contribution in [0.4, 0.5) is 5.82 Å². The zero-order valence-corrected chi connectivity index (χ0v) is 21.1. The topological polar surface area (TPSA) is 115 Å². The summed E-state index contributed by atoms with van der Waals surface area (Å²) >= 11 is 0. The van der Waals surface area contributed by atoms with Crippen molar-refractivity contribution in [2.75, 3.05) is 5.32 Å². The van der Waals surface area contributed by atoms with Crippen LogP contribution >= 0.6 is 0 Å². The minimum absolute atomic E-state index is 0.0201. The summed E-state index contributed by atoms with van der Waals surface area (Å²) in [4.78, 5) is 31.7. The van der Waals surface area contributed by atoms with Crippen LogP contribution < -0.4 is 15.8 Å². The molecule has 7 nitrogen and oxygen atoms in total. The fourth-order valence-corrected chi connectivity index (χ4v) is 6.64. The third kappa shape index (κ3) is 3.38. The first-order valence-corrected chi connectivity index (χ1v) is 12.9. The van der Waals surface area contributed by atoms with Crippen LogP contribution in [0.1, 0.15) is 42.4 Å². The number of fused-ring (bicyclic) bond motifs is 3. The van der Waals surface area contributed by atoms with Crippen LogP contribution in [0.25, 0.3) is 10.9 Å². The SMILES string of the molecule is Cc1cc(NC2CCC(C(N)=O)(C3(C(=O)O)c4ccccc4Oc4ccccc43)CC2)nc2ccccc12. The van der Waals surface area contributed by atoms with Crippen molar-refractivity contribution in [3.05, 3.63) is 95.6 Å². The van der Waals surface area contributed by atoms with Crippen LogP contribution in [0, 0.1) is 12.3 Å². The molecular formula is C31H29N3O4. The van der Waals surface area contributed by atoms with Crippen molar-refractivity contribution in [1.82, 2.24) is 4.98 Å². The zero-order valence-electron chi connectivity index (χ0n) is 21.1. The number of hydrogen-bond acceptors (Lipinski definition) is 5. The Morgan fingerprint density at radius 1 is 0.947 bits per heavy atom. The van der Waals surface area contributed by atoms with Gasteiger partial charge in [-0.1, -0.05) is 54.6 Å². The third-order valence-electron chi connectivity index (χ3n) is 8.43. The number of aliphatic carboxylic acids is 1. The number of para-hydroxylation sites is 3. The van der Waals surface area contributed by atoms with Crippen molar-refractivity contribution in [3.63, 3.8) is 0 Å². The first kappa shape index (κ1) is 24.0. The van der Waals surface area contributed by atoms with Crippen LogP contribution in [-0.2, 0) is 15.0 Å². The molecule has 1 saturated carbocycles. The van der Waals surface area contributed by atoms with E-state index in [4.69, 9.17) is 15.5 Å². The lowest BCUT2D eigenvalue weighted by molar-refractivity contribution is -0.155. The number of pyridine rings is 1. The van der Waals surface area contributed by atoms with Gasteiger partial charge in [-0.15, -0.1) is 0 Å². The number of rotatable bonds is 5. The summed E-state index contributed by atoms with van der Waals surface area (Å²) < 4.78 is 6.11. The first-order chi connectivity index (χ1) is 18.4. The van der Waals surface area contributed by atoms with Gasteiger partial charge in [-0.25, -0.2) is 4.98 Å². The summed E-state index contributed by atoms with van der Waals surface area (Å²) in [6, 6.07) is 24.2. The number of carboxylic acids is 1. The van der Waals surface area contributed by atoms with Gasteiger partial charge in [-0.3, -0.25) is 9.59 Å². The number of ether oxygens (including phenoxy) is 1. The Hall–Kier alpha value is -4.39. The van der Waals surface area contributed by atoms with Crippen molar-refractivity contribution in [2.45, 2.75) is 44.1 Å². The van der Waals surface area contributed by atoms with Gasteiger partial charge in [-0.05, 0) is 62.4 Å². The number of aromatic nitrogens is 1. The highest BCUT2D eigenvalue weighted by Crippen LogP contribution is 2.61. The van der Waals surface area contributed by atoms with E-state index in [9.17, 15) is 14.7 Å². The van der Waals surface area contributed by atoms with Gasteiger partial charge in [0.25, 0.3) is 0 Å². The largest absolute Gasteiger partial charge is 0.480 e. The number of benzene rings is 3. The lowest BCUT2D eigenvalue weighted by Crippen LogP contribution is -2.61. The number of primary amides is 1. The molecule has 3 aromatic carbocycles. The second-order valence-electron chi connectivity index (χ2n) is 10.4. The van der Waals surface area contributed by atoms with Crippen molar-refractivity contribution in [2.24, 2.45) is 11.1 Å². The van der Waals surface area contributed by atoms with Crippen LogP contribution in [0.15, 0.2) is 78.9 Å². The van der Waals surface area contributed by atoms with E-state index in [0.29, 0.717) is 48.3 Å². The molecule has 0 radical (unpaired) electrons. The van der Waals surface area contributed by atoms with Crippen LogP contribution in [0.5, 0.6) is 11.5 Å². The zero-order chi connectivity index (χ0) is 26.5. The van der Waals surface area contributed by atoms with Gasteiger partial charge in [-0.2, -0.15) is 0 Å². The molecule has 0 atom stereocenters. The molecule has 2 aliphatic rings. The molecule has 1 fully saturated rings. The molecule has 38 heavy (non-hydrogen) atoms. The smallest absolute Gasteiger partial charge is 0.320 e. The van der Waals surface area contributed by atoms with Gasteiger partial charge in [0.05, 0.1) is 10.9 Å². The number of carboxylic acid groups (broad SMARTS) is 1. The minimum atomic E-state index is -1.67. The van der Waals surface area contributed by atoms with Gasteiger partial charge in [0.1, 0.15) is 22.7 Å². The van der Waals surface area contributed by atoms with Gasteiger partial charge in [0.2, 0.25) is 5.91 Å². The Bertz CT molecular complexity index is 1530. The van der Waals surface area contributed by atoms with Crippen LogP contribution in [0.2, 0.25) is 0 Å². The third-order valence-corrected chi connectivity index (χ3v) is 8.43.